The van der Waals surface area contributed by atoms with Gasteiger partial charge < -0.3 is 9.84 Å². The number of aliphatic hydroxyl groups is 1. The van der Waals surface area contributed by atoms with E-state index >= 15 is 0 Å². The number of methoxy groups -OCH3 is 1. The summed E-state index contributed by atoms with van der Waals surface area (Å²) in [5, 5.41) is 10.9. The van der Waals surface area contributed by atoms with Gasteiger partial charge in [0.15, 0.2) is 0 Å². The number of carbonyl (C=O) groups excluding carboxylic acids is 1. The second-order valence-corrected chi connectivity index (χ2v) is 11.7. The second-order valence-electron chi connectivity index (χ2n) is 9.77. The van der Waals surface area contributed by atoms with Gasteiger partial charge in [0, 0.05) is 19.6 Å². The number of hydrogen-bond acceptors (Lipinski definition) is 6. The Labute approximate surface area is 242 Å². The van der Waals surface area contributed by atoms with Crippen LogP contribution in [0.15, 0.2) is 113 Å². The molecule has 0 radical (unpaired) electrons. The number of alkyl halides is 3. The summed E-state index contributed by atoms with van der Waals surface area (Å²) in [6.45, 7) is 1.03. The fourth-order valence-electron chi connectivity index (χ4n) is 4.50. The van der Waals surface area contributed by atoms with Gasteiger partial charge in [-0.25, -0.2) is 13.2 Å². The van der Waals surface area contributed by atoms with E-state index in [-0.39, 0.29) is 27.5 Å². The van der Waals surface area contributed by atoms with E-state index in [1.165, 1.54) is 55.6 Å². The fraction of sp³-hybridized carbons (Fsp3) is 0.219. The highest BCUT2D eigenvalue weighted by Gasteiger charge is 2.31. The monoisotopic (exact) mass is 597 g/mol. The molecule has 0 unspecified atom stereocenters. The molecule has 0 saturated carbocycles. The zero-order valence-electron chi connectivity index (χ0n) is 22.8. The summed E-state index contributed by atoms with van der Waals surface area (Å²) >= 11 is 0. The predicted molar refractivity (Wildman–Crippen MR) is 152 cm³/mol. The number of hydrogen-bond donors (Lipinski definition) is 1. The molecule has 0 amide bonds. The second kappa shape index (κ2) is 13.3. The van der Waals surface area contributed by atoms with Crippen LogP contribution in [0.5, 0.6) is 0 Å². The number of benzene rings is 4. The first-order valence-electron chi connectivity index (χ1n) is 13.1. The predicted octanol–water partition coefficient (Wildman–Crippen LogP) is 6.10. The van der Waals surface area contributed by atoms with E-state index < -0.39 is 33.7 Å². The van der Waals surface area contributed by atoms with E-state index in [9.17, 15) is 31.5 Å². The Hall–Kier alpha value is -3.99. The number of aliphatic hydroxyl groups excluding tert-OH is 1. The lowest BCUT2D eigenvalue weighted by molar-refractivity contribution is -0.137. The average Bonchev–Trinajstić information content (AvgIpc) is 3.00. The van der Waals surface area contributed by atoms with E-state index in [4.69, 9.17) is 0 Å². The highest BCUT2D eigenvalue weighted by atomic mass is 32.2. The van der Waals surface area contributed by atoms with Crippen LogP contribution in [-0.4, -0.2) is 44.6 Å². The standard InChI is InChI=1S/C32H30F3NO5S/c1-41-31(38)25-12-16-29(17-13-25)42(39,40)28-14-10-23(11-15-28)18-19-36(21-24-6-3-2-4-7-24)22-30(37)26-8-5-9-27(20-26)32(33,34)35/h2-17,20,30,37H,18-19,21-22H2,1H3/t30-/m0/s1. The van der Waals surface area contributed by atoms with Crippen molar-refractivity contribution < 1.29 is 36.2 Å². The number of carbonyl (C=O) groups is 1. The van der Waals surface area contributed by atoms with Crippen molar-refractivity contribution in [2.75, 3.05) is 20.2 Å². The largest absolute Gasteiger partial charge is 0.465 e. The minimum Gasteiger partial charge on any atom is -0.465 e. The number of esters is 1. The van der Waals surface area contributed by atoms with E-state index in [0.717, 1.165) is 23.3 Å². The van der Waals surface area contributed by atoms with Crippen LogP contribution in [0.1, 0.15) is 38.7 Å². The minimum absolute atomic E-state index is 0.0421. The van der Waals surface area contributed by atoms with E-state index in [1.54, 1.807) is 12.1 Å². The van der Waals surface area contributed by atoms with Crippen LogP contribution in [0.2, 0.25) is 0 Å². The Kier molecular flexibility index (Phi) is 9.82. The lowest BCUT2D eigenvalue weighted by atomic mass is 10.0. The topological polar surface area (TPSA) is 83.9 Å². The van der Waals surface area contributed by atoms with Crippen molar-refractivity contribution in [3.8, 4) is 0 Å². The Morgan fingerprint density at radius 1 is 0.857 bits per heavy atom. The van der Waals surface area contributed by atoms with E-state index in [2.05, 4.69) is 4.74 Å². The zero-order valence-corrected chi connectivity index (χ0v) is 23.6. The van der Waals surface area contributed by atoms with Crippen molar-refractivity contribution in [1.29, 1.82) is 0 Å². The van der Waals surface area contributed by atoms with Gasteiger partial charge in [-0.05, 0) is 71.6 Å². The van der Waals surface area contributed by atoms with E-state index in [1.807, 2.05) is 35.2 Å². The first-order valence-corrected chi connectivity index (χ1v) is 14.6. The van der Waals surface area contributed by atoms with Crippen LogP contribution in [0.4, 0.5) is 13.2 Å². The number of rotatable bonds is 11. The molecule has 42 heavy (non-hydrogen) atoms. The van der Waals surface area contributed by atoms with Gasteiger partial charge in [0.1, 0.15) is 0 Å². The first-order chi connectivity index (χ1) is 20.0. The normalized spacial score (nSPS) is 12.7. The maximum absolute atomic E-state index is 13.2. The van der Waals surface area contributed by atoms with E-state index in [0.29, 0.717) is 19.5 Å². The first kappa shape index (κ1) is 31.0. The van der Waals surface area contributed by atoms with Gasteiger partial charge in [0.25, 0.3) is 0 Å². The molecule has 0 heterocycles. The molecule has 0 aliphatic carbocycles. The molecule has 0 aliphatic heterocycles. The molecule has 0 fully saturated rings. The van der Waals surface area contributed by atoms with Gasteiger partial charge in [-0.3, -0.25) is 4.90 Å². The molecular formula is C32H30F3NO5S. The zero-order chi connectivity index (χ0) is 30.3. The molecule has 0 aromatic heterocycles. The number of halogens is 3. The van der Waals surface area contributed by atoms with Crippen LogP contribution in [0, 0.1) is 0 Å². The Morgan fingerprint density at radius 3 is 2.07 bits per heavy atom. The third kappa shape index (κ3) is 7.84. The molecule has 0 aliphatic rings. The molecule has 4 rings (SSSR count). The van der Waals surface area contributed by atoms with Gasteiger partial charge in [0.2, 0.25) is 9.84 Å². The Balaban J connectivity index is 1.47. The molecule has 6 nitrogen and oxygen atoms in total. The van der Waals surface area contributed by atoms with Gasteiger partial charge >= 0.3 is 12.1 Å². The molecule has 1 atom stereocenters. The summed E-state index contributed by atoms with van der Waals surface area (Å²) in [5.74, 6) is -0.563. The maximum Gasteiger partial charge on any atom is 0.416 e. The smallest absolute Gasteiger partial charge is 0.416 e. The van der Waals surface area contributed by atoms with Crippen molar-refractivity contribution in [1.82, 2.24) is 4.90 Å². The molecular weight excluding hydrogens is 567 g/mol. The Morgan fingerprint density at radius 2 is 1.48 bits per heavy atom. The van der Waals surface area contributed by atoms with Crippen molar-refractivity contribution in [2.45, 2.75) is 35.0 Å². The lowest BCUT2D eigenvalue weighted by Crippen LogP contribution is -2.30. The third-order valence-electron chi connectivity index (χ3n) is 6.81. The van der Waals surface area contributed by atoms with Crippen LogP contribution in [0.25, 0.3) is 0 Å². The van der Waals surface area contributed by atoms with Crippen molar-refractivity contribution in [3.05, 3.63) is 131 Å². The SMILES string of the molecule is COC(=O)c1ccc(S(=O)(=O)c2ccc(CCN(Cc3ccccc3)C[C@H](O)c3cccc(C(F)(F)F)c3)cc2)cc1. The highest BCUT2D eigenvalue weighted by molar-refractivity contribution is 7.91. The number of sulfone groups is 1. The summed E-state index contributed by atoms with van der Waals surface area (Å²) in [6.07, 6.45) is -5.14. The maximum atomic E-state index is 13.2. The van der Waals surface area contributed by atoms with Crippen LogP contribution >= 0.6 is 0 Å². The number of ether oxygens (including phenoxy) is 1. The summed E-state index contributed by atoms with van der Waals surface area (Å²) < 4.78 is 70.4. The van der Waals surface area contributed by atoms with Gasteiger partial charge in [-0.1, -0.05) is 54.6 Å². The summed E-state index contributed by atoms with van der Waals surface area (Å²) in [4.78, 5) is 13.7. The lowest BCUT2D eigenvalue weighted by Gasteiger charge is -2.26. The molecule has 4 aromatic carbocycles. The van der Waals surface area contributed by atoms with Crippen LogP contribution < -0.4 is 0 Å². The molecule has 0 bridgehead atoms. The molecule has 4 aromatic rings. The van der Waals surface area contributed by atoms with Gasteiger partial charge in [-0.2, -0.15) is 13.2 Å². The Bertz CT molecular complexity index is 1590. The third-order valence-corrected chi connectivity index (χ3v) is 8.60. The van der Waals surface area contributed by atoms with Gasteiger partial charge in [0.05, 0.1) is 34.1 Å². The van der Waals surface area contributed by atoms with Gasteiger partial charge in [-0.15, -0.1) is 0 Å². The summed E-state index contributed by atoms with van der Waals surface area (Å²) in [6, 6.07) is 26.1. The quantitative estimate of drug-likeness (QED) is 0.210. The highest BCUT2D eigenvalue weighted by Crippen LogP contribution is 2.31. The molecule has 1 N–H and O–H groups in total. The number of nitrogens with zero attached hydrogens (tertiary/aromatic N) is 1. The van der Waals surface area contributed by atoms with Crippen LogP contribution in [0.3, 0.4) is 0 Å². The summed E-state index contributed by atoms with van der Waals surface area (Å²) in [7, 11) is -2.57. The molecule has 10 heteroatoms. The van der Waals surface area contributed by atoms with Crippen molar-refractivity contribution >= 4 is 15.8 Å². The molecule has 220 valence electrons. The summed E-state index contributed by atoms with van der Waals surface area (Å²) in [5.41, 5.74) is 1.43. The fourth-order valence-corrected chi connectivity index (χ4v) is 5.76. The van der Waals surface area contributed by atoms with Crippen molar-refractivity contribution in [2.24, 2.45) is 0 Å². The molecule has 0 spiro atoms. The van der Waals surface area contributed by atoms with Crippen LogP contribution in [-0.2, 0) is 33.7 Å². The molecule has 0 saturated heterocycles. The minimum atomic E-state index is -4.51. The van der Waals surface area contributed by atoms with Crippen molar-refractivity contribution in [3.63, 3.8) is 0 Å². The average molecular weight is 598 g/mol.